The van der Waals surface area contributed by atoms with Crippen molar-refractivity contribution < 1.29 is 4.73 Å². The molecule has 6 heteroatoms. The summed E-state index contributed by atoms with van der Waals surface area (Å²) in [6, 6.07) is 12.9. The molecule has 0 saturated heterocycles. The summed E-state index contributed by atoms with van der Waals surface area (Å²) in [6.45, 7) is 0. The molecule has 0 unspecified atom stereocenters. The SMILES string of the molecule is Cn1c(-c2ccc(Cl)c(Cl)c2)nc2c[n+]([O-])c3ccccc3c21. The first-order valence-electron chi connectivity index (χ1n) is 6.99. The molecular weight excluding hydrogens is 333 g/mol. The van der Waals surface area contributed by atoms with E-state index in [0.717, 1.165) is 27.0 Å². The molecule has 0 aliphatic carbocycles. The summed E-state index contributed by atoms with van der Waals surface area (Å²) in [6.07, 6.45) is 1.50. The van der Waals surface area contributed by atoms with E-state index >= 15 is 0 Å². The van der Waals surface area contributed by atoms with Crippen molar-refractivity contribution in [2.45, 2.75) is 0 Å². The van der Waals surface area contributed by atoms with Gasteiger partial charge in [-0.15, -0.1) is 0 Å². The standard InChI is InChI=1S/C17H11Cl2N3O/c1-21-16-11-4-2-3-5-15(11)22(23)9-14(16)20-17(21)10-6-7-12(18)13(19)8-10/h2-9H,1H3. The van der Waals surface area contributed by atoms with E-state index < -0.39 is 0 Å². The summed E-state index contributed by atoms with van der Waals surface area (Å²) < 4.78 is 2.82. The van der Waals surface area contributed by atoms with Crippen molar-refractivity contribution in [2.75, 3.05) is 0 Å². The zero-order valence-corrected chi connectivity index (χ0v) is 13.6. The fraction of sp³-hybridized carbons (Fsp3) is 0.0588. The van der Waals surface area contributed by atoms with E-state index in [1.165, 1.54) is 6.20 Å². The number of halogens is 2. The van der Waals surface area contributed by atoms with Crippen LogP contribution in [-0.2, 0) is 7.05 Å². The van der Waals surface area contributed by atoms with Crippen LogP contribution >= 0.6 is 23.2 Å². The maximum atomic E-state index is 12.2. The highest BCUT2D eigenvalue weighted by atomic mass is 35.5. The number of hydrogen-bond acceptors (Lipinski definition) is 2. The lowest BCUT2D eigenvalue weighted by molar-refractivity contribution is -0.575. The summed E-state index contributed by atoms with van der Waals surface area (Å²) in [5.74, 6) is 0.731. The highest BCUT2D eigenvalue weighted by Crippen LogP contribution is 2.31. The van der Waals surface area contributed by atoms with Gasteiger partial charge in [0.1, 0.15) is 5.82 Å². The summed E-state index contributed by atoms with van der Waals surface area (Å²) in [5.41, 5.74) is 3.01. The van der Waals surface area contributed by atoms with Gasteiger partial charge in [-0.05, 0) is 24.3 Å². The molecule has 2 aromatic heterocycles. The Bertz CT molecular complexity index is 1070. The number of pyridine rings is 1. The van der Waals surface area contributed by atoms with Gasteiger partial charge in [-0.3, -0.25) is 0 Å². The van der Waals surface area contributed by atoms with E-state index in [-0.39, 0.29) is 0 Å². The number of fused-ring (bicyclic) bond motifs is 3. The molecule has 0 radical (unpaired) electrons. The van der Waals surface area contributed by atoms with Crippen LogP contribution in [0.25, 0.3) is 33.3 Å². The third kappa shape index (κ3) is 2.14. The molecule has 4 nitrogen and oxygen atoms in total. The second-order valence-corrected chi connectivity index (χ2v) is 6.14. The monoisotopic (exact) mass is 343 g/mol. The lowest BCUT2D eigenvalue weighted by Crippen LogP contribution is -2.26. The number of para-hydroxylation sites is 1. The minimum absolute atomic E-state index is 0.472. The van der Waals surface area contributed by atoms with Crippen molar-refractivity contribution >= 4 is 45.1 Å². The molecule has 2 heterocycles. The van der Waals surface area contributed by atoms with Crippen LogP contribution in [0.2, 0.25) is 10.0 Å². The van der Waals surface area contributed by atoms with Crippen LogP contribution in [0.15, 0.2) is 48.7 Å². The Morgan fingerprint density at radius 1 is 1.09 bits per heavy atom. The number of hydrogen-bond donors (Lipinski definition) is 0. The number of benzene rings is 2. The van der Waals surface area contributed by atoms with Gasteiger partial charge >= 0.3 is 0 Å². The number of imidazole rings is 1. The van der Waals surface area contributed by atoms with Gasteiger partial charge in [-0.25, -0.2) is 4.98 Å². The Morgan fingerprint density at radius 2 is 1.87 bits per heavy atom. The molecule has 4 rings (SSSR count). The second-order valence-electron chi connectivity index (χ2n) is 5.33. The first-order valence-corrected chi connectivity index (χ1v) is 7.74. The molecule has 4 aromatic rings. The first kappa shape index (κ1) is 14.3. The fourth-order valence-electron chi connectivity index (χ4n) is 2.87. The maximum absolute atomic E-state index is 12.2. The Labute approximate surface area is 142 Å². The minimum Gasteiger partial charge on any atom is -0.618 e. The molecule has 0 amide bonds. The highest BCUT2D eigenvalue weighted by molar-refractivity contribution is 6.42. The summed E-state index contributed by atoms with van der Waals surface area (Å²) in [7, 11) is 1.93. The molecule has 2 aromatic carbocycles. The van der Waals surface area contributed by atoms with Crippen LogP contribution in [-0.4, -0.2) is 9.55 Å². The molecule has 0 saturated carbocycles. The average molecular weight is 344 g/mol. The normalized spacial score (nSPS) is 11.4. The summed E-state index contributed by atoms with van der Waals surface area (Å²) >= 11 is 12.1. The van der Waals surface area contributed by atoms with Crippen LogP contribution in [0.5, 0.6) is 0 Å². The predicted octanol–water partition coefficient (Wildman–Crippen LogP) is 4.33. The Hall–Kier alpha value is -2.30. The van der Waals surface area contributed by atoms with Gasteiger partial charge in [0.2, 0.25) is 11.7 Å². The molecule has 0 aliphatic rings. The molecule has 0 atom stereocenters. The van der Waals surface area contributed by atoms with Gasteiger partial charge in [0, 0.05) is 18.7 Å². The smallest absolute Gasteiger partial charge is 0.226 e. The quantitative estimate of drug-likeness (QED) is 0.381. The largest absolute Gasteiger partial charge is 0.618 e. The Morgan fingerprint density at radius 3 is 2.65 bits per heavy atom. The van der Waals surface area contributed by atoms with E-state index in [1.54, 1.807) is 18.2 Å². The van der Waals surface area contributed by atoms with Gasteiger partial charge in [0.15, 0.2) is 5.52 Å². The van der Waals surface area contributed by atoms with Crippen LogP contribution < -0.4 is 4.73 Å². The van der Waals surface area contributed by atoms with Gasteiger partial charge in [-0.2, -0.15) is 4.73 Å². The maximum Gasteiger partial charge on any atom is 0.226 e. The van der Waals surface area contributed by atoms with Crippen LogP contribution in [0.3, 0.4) is 0 Å². The van der Waals surface area contributed by atoms with E-state index in [1.807, 2.05) is 35.9 Å². The molecule has 114 valence electrons. The predicted molar refractivity (Wildman–Crippen MR) is 92.6 cm³/mol. The second kappa shape index (κ2) is 5.11. The number of aryl methyl sites for hydroxylation is 1. The van der Waals surface area contributed by atoms with Crippen molar-refractivity contribution in [3.63, 3.8) is 0 Å². The Kier molecular flexibility index (Phi) is 3.18. The van der Waals surface area contributed by atoms with Crippen molar-refractivity contribution in [1.29, 1.82) is 0 Å². The third-order valence-corrected chi connectivity index (χ3v) is 4.68. The van der Waals surface area contributed by atoms with Crippen LogP contribution in [0.4, 0.5) is 0 Å². The molecule has 0 fully saturated rings. The van der Waals surface area contributed by atoms with Crippen molar-refractivity contribution in [3.8, 4) is 11.4 Å². The summed E-state index contributed by atoms with van der Waals surface area (Å²) in [5, 5.41) is 14.0. The van der Waals surface area contributed by atoms with E-state index in [9.17, 15) is 5.21 Å². The van der Waals surface area contributed by atoms with Gasteiger partial charge < -0.3 is 9.77 Å². The number of nitrogens with zero attached hydrogens (tertiary/aromatic N) is 3. The van der Waals surface area contributed by atoms with Gasteiger partial charge in [0.05, 0.1) is 20.9 Å². The molecule has 23 heavy (non-hydrogen) atoms. The van der Waals surface area contributed by atoms with Gasteiger partial charge in [0.25, 0.3) is 0 Å². The number of rotatable bonds is 1. The first-order chi connectivity index (χ1) is 11.1. The zero-order valence-electron chi connectivity index (χ0n) is 12.1. The van der Waals surface area contributed by atoms with E-state index in [4.69, 9.17) is 23.2 Å². The minimum atomic E-state index is 0.472. The lowest BCUT2D eigenvalue weighted by atomic mass is 10.2. The molecular formula is C17H11Cl2N3O. The Balaban J connectivity index is 2.08. The van der Waals surface area contributed by atoms with Crippen LogP contribution in [0, 0.1) is 5.21 Å². The topological polar surface area (TPSA) is 44.8 Å². The zero-order chi connectivity index (χ0) is 16.1. The lowest BCUT2D eigenvalue weighted by Gasteiger charge is -2.05. The third-order valence-electron chi connectivity index (χ3n) is 3.94. The molecule has 0 spiro atoms. The van der Waals surface area contributed by atoms with E-state index in [0.29, 0.717) is 21.1 Å². The molecule has 0 bridgehead atoms. The number of aromatic nitrogens is 3. The fourth-order valence-corrected chi connectivity index (χ4v) is 3.17. The van der Waals surface area contributed by atoms with Crippen molar-refractivity contribution in [2.24, 2.45) is 7.05 Å². The average Bonchev–Trinajstić information content (AvgIpc) is 2.87. The van der Waals surface area contributed by atoms with Crippen molar-refractivity contribution in [3.05, 3.63) is 63.9 Å². The van der Waals surface area contributed by atoms with Gasteiger partial charge in [-0.1, -0.05) is 35.3 Å². The molecule has 0 aliphatic heterocycles. The van der Waals surface area contributed by atoms with Crippen LogP contribution in [0.1, 0.15) is 0 Å². The van der Waals surface area contributed by atoms with E-state index in [2.05, 4.69) is 4.98 Å². The summed E-state index contributed by atoms with van der Waals surface area (Å²) in [4.78, 5) is 4.60. The van der Waals surface area contributed by atoms with Crippen molar-refractivity contribution in [1.82, 2.24) is 9.55 Å². The highest BCUT2D eigenvalue weighted by Gasteiger charge is 2.17. The molecule has 0 N–H and O–H groups in total.